The summed E-state index contributed by atoms with van der Waals surface area (Å²) in [6.07, 6.45) is -2.92. The smallest absolute Gasteiger partial charge is 0.435 e. The van der Waals surface area contributed by atoms with Gasteiger partial charge in [0.1, 0.15) is 0 Å². The number of hydrogen-bond acceptors (Lipinski definition) is 3. The molecule has 33 heavy (non-hydrogen) atoms. The minimum absolute atomic E-state index is 0.0782. The van der Waals surface area contributed by atoms with E-state index >= 15 is 0 Å². The van der Waals surface area contributed by atoms with Gasteiger partial charge in [0.25, 0.3) is 5.91 Å². The fourth-order valence-corrected chi connectivity index (χ4v) is 4.89. The van der Waals surface area contributed by atoms with Gasteiger partial charge in [-0.2, -0.15) is 18.3 Å². The second kappa shape index (κ2) is 8.55. The molecule has 0 aliphatic carbocycles. The molecule has 2 aliphatic rings. The zero-order valence-corrected chi connectivity index (χ0v) is 18.9. The summed E-state index contributed by atoms with van der Waals surface area (Å²) in [6, 6.07) is 2.74. The molecule has 0 spiro atoms. The van der Waals surface area contributed by atoms with E-state index in [1.807, 2.05) is 0 Å². The van der Waals surface area contributed by atoms with Crippen LogP contribution in [0.4, 0.5) is 18.0 Å². The Labute approximate surface area is 193 Å². The van der Waals surface area contributed by atoms with Gasteiger partial charge in [-0.3, -0.25) is 9.48 Å². The zero-order chi connectivity index (χ0) is 24.1. The number of aromatic nitrogens is 2. The van der Waals surface area contributed by atoms with Gasteiger partial charge in [-0.1, -0.05) is 11.6 Å². The summed E-state index contributed by atoms with van der Waals surface area (Å²) >= 11 is 6.30. The minimum atomic E-state index is -4.76. The van der Waals surface area contributed by atoms with Gasteiger partial charge in [-0.05, 0) is 61.9 Å². The van der Waals surface area contributed by atoms with Crippen LogP contribution < -0.4 is 0 Å². The number of amides is 2. The molecule has 1 unspecified atom stereocenters. The van der Waals surface area contributed by atoms with Gasteiger partial charge in [-0.15, -0.1) is 0 Å². The van der Waals surface area contributed by atoms with Crippen molar-refractivity contribution in [2.75, 3.05) is 13.1 Å². The number of carboxylic acid groups (broad SMARTS) is 1. The first-order valence-corrected chi connectivity index (χ1v) is 11.1. The van der Waals surface area contributed by atoms with E-state index in [1.54, 1.807) is 26.0 Å². The van der Waals surface area contributed by atoms with E-state index in [4.69, 9.17) is 11.6 Å². The third kappa shape index (κ3) is 4.40. The predicted molar refractivity (Wildman–Crippen MR) is 114 cm³/mol. The minimum Gasteiger partial charge on any atom is -0.465 e. The van der Waals surface area contributed by atoms with Crippen LogP contribution in [0.15, 0.2) is 18.3 Å². The van der Waals surface area contributed by atoms with Crippen LogP contribution in [-0.4, -0.2) is 49.8 Å². The molecule has 11 heteroatoms. The van der Waals surface area contributed by atoms with Crippen molar-refractivity contribution in [1.29, 1.82) is 0 Å². The highest BCUT2D eigenvalue weighted by Gasteiger charge is 2.41. The van der Waals surface area contributed by atoms with Gasteiger partial charge in [0, 0.05) is 36.9 Å². The molecule has 0 saturated carbocycles. The molecule has 0 radical (unpaired) electrons. The van der Waals surface area contributed by atoms with Gasteiger partial charge >= 0.3 is 12.3 Å². The number of hydrogen-bond donors (Lipinski definition) is 1. The summed E-state index contributed by atoms with van der Waals surface area (Å²) in [4.78, 5) is 27.6. The number of halogens is 4. The number of alkyl halides is 3. The van der Waals surface area contributed by atoms with Crippen molar-refractivity contribution in [3.63, 3.8) is 0 Å². The molecule has 178 valence electrons. The molecule has 1 fully saturated rings. The fraction of sp³-hybridized carbons (Fsp3) is 0.500. The molecule has 3 heterocycles. The van der Waals surface area contributed by atoms with Crippen molar-refractivity contribution in [3.8, 4) is 0 Å². The molecule has 2 amide bonds. The molecule has 1 aromatic heterocycles. The summed E-state index contributed by atoms with van der Waals surface area (Å²) in [6.45, 7) is 4.07. The Morgan fingerprint density at radius 3 is 2.61 bits per heavy atom. The van der Waals surface area contributed by atoms with Crippen molar-refractivity contribution in [3.05, 3.63) is 51.3 Å². The topological polar surface area (TPSA) is 78.7 Å². The lowest BCUT2D eigenvalue weighted by molar-refractivity contribution is -0.142. The zero-order valence-electron chi connectivity index (χ0n) is 18.2. The average Bonchev–Trinajstić information content (AvgIpc) is 3.39. The molecule has 1 saturated heterocycles. The Kier molecular flexibility index (Phi) is 6.07. The second-order valence-corrected chi connectivity index (χ2v) is 9.14. The first-order valence-electron chi connectivity index (χ1n) is 10.7. The van der Waals surface area contributed by atoms with E-state index in [2.05, 4.69) is 5.10 Å². The van der Waals surface area contributed by atoms with Crippen LogP contribution in [0.25, 0.3) is 0 Å². The lowest BCUT2D eigenvalue weighted by Crippen LogP contribution is -2.38. The molecule has 7 nitrogen and oxygen atoms in total. The molecule has 1 aromatic carbocycles. The Bertz CT molecular complexity index is 1100. The largest absolute Gasteiger partial charge is 0.465 e. The maximum absolute atomic E-state index is 13.6. The van der Waals surface area contributed by atoms with Crippen molar-refractivity contribution >= 4 is 23.6 Å². The summed E-state index contributed by atoms with van der Waals surface area (Å²) in [5, 5.41) is 13.7. The monoisotopic (exact) mass is 484 g/mol. The Balaban J connectivity index is 1.70. The number of rotatable bonds is 3. The maximum atomic E-state index is 13.6. The number of likely N-dealkylation sites (tertiary alicyclic amines) is 1. The molecule has 2 aliphatic heterocycles. The van der Waals surface area contributed by atoms with Crippen molar-refractivity contribution in [2.24, 2.45) is 0 Å². The van der Waals surface area contributed by atoms with Crippen molar-refractivity contribution in [2.45, 2.75) is 57.9 Å². The molecule has 2 aromatic rings. The fourth-order valence-electron chi connectivity index (χ4n) is 4.64. The van der Waals surface area contributed by atoms with E-state index in [1.165, 1.54) is 9.80 Å². The van der Waals surface area contributed by atoms with E-state index in [9.17, 15) is 27.9 Å². The quantitative estimate of drug-likeness (QED) is 0.653. The van der Waals surface area contributed by atoms with E-state index in [-0.39, 0.29) is 19.1 Å². The van der Waals surface area contributed by atoms with Gasteiger partial charge in [0.2, 0.25) is 0 Å². The Morgan fingerprint density at radius 1 is 1.24 bits per heavy atom. The van der Waals surface area contributed by atoms with Gasteiger partial charge in [0.15, 0.2) is 5.69 Å². The Hall–Kier alpha value is -2.75. The first kappa shape index (κ1) is 23.4. The third-order valence-corrected chi connectivity index (χ3v) is 6.46. The average molecular weight is 485 g/mol. The summed E-state index contributed by atoms with van der Waals surface area (Å²) < 4.78 is 41.9. The van der Waals surface area contributed by atoms with Crippen LogP contribution in [0.5, 0.6) is 0 Å². The van der Waals surface area contributed by atoms with Crippen LogP contribution in [0.3, 0.4) is 0 Å². The van der Waals surface area contributed by atoms with Crippen LogP contribution in [-0.2, 0) is 19.1 Å². The highest BCUT2D eigenvalue weighted by atomic mass is 35.5. The number of carbonyl (C=O) groups is 2. The molecule has 4 rings (SSSR count). The number of fused-ring (bicyclic) bond motifs is 1. The maximum Gasteiger partial charge on any atom is 0.435 e. The SMILES string of the molecule is CC(C)n1cc(C(=O)N2CCc3cc(Cl)cc(C4CCCN4C(=O)O)c3C2)c(C(F)(F)F)n1. The van der Waals surface area contributed by atoms with Gasteiger partial charge < -0.3 is 14.9 Å². The third-order valence-electron chi connectivity index (χ3n) is 6.25. The predicted octanol–water partition coefficient (Wildman–Crippen LogP) is 5.15. The van der Waals surface area contributed by atoms with Crippen LogP contribution >= 0.6 is 11.6 Å². The lowest BCUT2D eigenvalue weighted by Gasteiger charge is -2.33. The van der Waals surface area contributed by atoms with E-state index in [0.29, 0.717) is 36.4 Å². The van der Waals surface area contributed by atoms with Crippen molar-refractivity contribution in [1.82, 2.24) is 19.6 Å². The van der Waals surface area contributed by atoms with Crippen LogP contribution in [0.2, 0.25) is 5.02 Å². The molecule has 0 bridgehead atoms. The number of nitrogens with zero attached hydrogens (tertiary/aromatic N) is 4. The summed E-state index contributed by atoms with van der Waals surface area (Å²) in [5.41, 5.74) is 0.665. The van der Waals surface area contributed by atoms with Crippen LogP contribution in [0, 0.1) is 0 Å². The summed E-state index contributed by atoms with van der Waals surface area (Å²) in [7, 11) is 0. The molecular weight excluding hydrogens is 461 g/mol. The summed E-state index contributed by atoms with van der Waals surface area (Å²) in [5.74, 6) is -0.748. The standard InChI is InChI=1S/C22H24ClF3N4O3/c1-12(2)30-11-17(19(27-30)22(24,25)26)20(31)28-7-5-13-8-14(23)9-15(16(13)10-28)18-4-3-6-29(18)21(32)33/h8-9,11-12,18H,3-7,10H2,1-2H3,(H,32,33). The highest BCUT2D eigenvalue weighted by molar-refractivity contribution is 6.30. The van der Waals surface area contributed by atoms with Gasteiger partial charge in [-0.25, -0.2) is 4.79 Å². The van der Waals surface area contributed by atoms with Crippen molar-refractivity contribution < 1.29 is 27.9 Å². The molecule has 1 atom stereocenters. The van der Waals surface area contributed by atoms with Gasteiger partial charge in [0.05, 0.1) is 11.6 Å². The number of benzene rings is 1. The molecular formula is C22H24ClF3N4O3. The van der Waals surface area contributed by atoms with E-state index < -0.39 is 35.5 Å². The highest BCUT2D eigenvalue weighted by Crippen LogP contribution is 2.39. The van der Waals surface area contributed by atoms with Crippen LogP contribution in [0.1, 0.15) is 71.5 Å². The number of carbonyl (C=O) groups excluding carboxylic acids is 1. The Morgan fingerprint density at radius 2 is 1.97 bits per heavy atom. The second-order valence-electron chi connectivity index (χ2n) is 8.71. The molecule has 1 N–H and O–H groups in total. The lowest BCUT2D eigenvalue weighted by atomic mass is 9.90. The van der Waals surface area contributed by atoms with E-state index in [0.717, 1.165) is 22.0 Å². The first-order chi connectivity index (χ1) is 15.5. The normalized spacial score (nSPS) is 18.7.